The van der Waals surface area contributed by atoms with E-state index in [9.17, 15) is 13.6 Å². The molecule has 1 N–H and O–H groups in total. The molecule has 0 bridgehead atoms. The number of benzene rings is 2. The Kier molecular flexibility index (Phi) is 5.89. The first-order chi connectivity index (χ1) is 14.5. The van der Waals surface area contributed by atoms with Gasteiger partial charge in [-0.3, -0.25) is 14.5 Å². The molecule has 156 valence electrons. The number of rotatable bonds is 5. The number of halogens is 2. The fourth-order valence-electron chi connectivity index (χ4n) is 3.61. The van der Waals surface area contributed by atoms with E-state index in [0.717, 1.165) is 5.56 Å². The standard InChI is InChI=1S/C21H21F2N5OS/c22-16-7-5-15(6-8-16)20-24-25-21(30)28(20)10-9-19(29)27-13-11-26(12-14-27)18-4-2-1-3-17(18)23/h1-8H,9-14H2,(H,25,30). The highest BCUT2D eigenvalue weighted by Gasteiger charge is 2.23. The summed E-state index contributed by atoms with van der Waals surface area (Å²) < 4.78 is 29.3. The Labute approximate surface area is 177 Å². The molecule has 1 fully saturated rings. The molecule has 0 radical (unpaired) electrons. The van der Waals surface area contributed by atoms with Gasteiger partial charge in [-0.1, -0.05) is 12.1 Å². The number of hydrogen-bond donors (Lipinski definition) is 1. The molecule has 30 heavy (non-hydrogen) atoms. The van der Waals surface area contributed by atoms with Gasteiger partial charge in [0.15, 0.2) is 10.6 Å². The SMILES string of the molecule is O=C(CCn1c(-c2ccc(F)cc2)n[nH]c1=S)N1CCN(c2ccccc2F)CC1. The van der Waals surface area contributed by atoms with Gasteiger partial charge in [-0.05, 0) is 48.6 Å². The van der Waals surface area contributed by atoms with Crippen LogP contribution in [0.3, 0.4) is 0 Å². The van der Waals surface area contributed by atoms with Crippen LogP contribution in [0.15, 0.2) is 48.5 Å². The lowest BCUT2D eigenvalue weighted by Gasteiger charge is -2.36. The van der Waals surface area contributed by atoms with Crippen molar-refractivity contribution in [2.45, 2.75) is 13.0 Å². The second kappa shape index (κ2) is 8.74. The largest absolute Gasteiger partial charge is 0.366 e. The molecule has 1 saturated heterocycles. The molecular formula is C21H21F2N5OS. The third kappa shape index (κ3) is 4.25. The van der Waals surface area contributed by atoms with Crippen molar-refractivity contribution in [1.29, 1.82) is 0 Å². The van der Waals surface area contributed by atoms with Crippen LogP contribution in [0.2, 0.25) is 0 Å². The van der Waals surface area contributed by atoms with Crippen LogP contribution in [0.25, 0.3) is 11.4 Å². The molecule has 2 aromatic carbocycles. The third-order valence-electron chi connectivity index (χ3n) is 5.24. The monoisotopic (exact) mass is 429 g/mol. The summed E-state index contributed by atoms with van der Waals surface area (Å²) in [5, 5.41) is 6.95. The summed E-state index contributed by atoms with van der Waals surface area (Å²) in [4.78, 5) is 16.5. The van der Waals surface area contributed by atoms with Crippen LogP contribution in [-0.2, 0) is 11.3 Å². The van der Waals surface area contributed by atoms with Gasteiger partial charge in [0, 0.05) is 44.7 Å². The van der Waals surface area contributed by atoms with E-state index in [1.165, 1.54) is 18.2 Å². The summed E-state index contributed by atoms with van der Waals surface area (Å²) in [6.45, 7) is 2.61. The van der Waals surface area contributed by atoms with Crippen molar-refractivity contribution in [2.24, 2.45) is 0 Å². The Bertz CT molecular complexity index is 1090. The van der Waals surface area contributed by atoms with Gasteiger partial charge in [0.05, 0.1) is 5.69 Å². The lowest BCUT2D eigenvalue weighted by Crippen LogP contribution is -2.49. The zero-order chi connectivity index (χ0) is 21.1. The van der Waals surface area contributed by atoms with E-state index in [1.54, 1.807) is 33.7 Å². The number of H-pyrrole nitrogens is 1. The van der Waals surface area contributed by atoms with E-state index in [0.29, 0.717) is 49.0 Å². The van der Waals surface area contributed by atoms with Gasteiger partial charge in [0.25, 0.3) is 0 Å². The molecule has 1 aromatic heterocycles. The third-order valence-corrected chi connectivity index (χ3v) is 5.55. The normalized spacial score (nSPS) is 14.2. The predicted octanol–water partition coefficient (Wildman–Crippen LogP) is 3.62. The van der Waals surface area contributed by atoms with Crippen LogP contribution < -0.4 is 4.90 Å². The van der Waals surface area contributed by atoms with Crippen molar-refractivity contribution in [3.05, 3.63) is 64.9 Å². The maximum Gasteiger partial charge on any atom is 0.224 e. The van der Waals surface area contributed by atoms with E-state index >= 15 is 0 Å². The highest BCUT2D eigenvalue weighted by Crippen LogP contribution is 2.21. The summed E-state index contributed by atoms with van der Waals surface area (Å²) >= 11 is 5.29. The average Bonchev–Trinajstić information content (AvgIpc) is 3.13. The molecule has 0 spiro atoms. The number of carbonyl (C=O) groups excluding carboxylic acids is 1. The molecular weight excluding hydrogens is 408 g/mol. The van der Waals surface area contributed by atoms with E-state index in [-0.39, 0.29) is 24.0 Å². The number of para-hydroxylation sites is 1. The highest BCUT2D eigenvalue weighted by atomic mass is 32.1. The Morgan fingerprint density at radius 1 is 1.03 bits per heavy atom. The van der Waals surface area contributed by atoms with E-state index in [2.05, 4.69) is 10.2 Å². The minimum absolute atomic E-state index is 0.0105. The Hall–Kier alpha value is -3.07. The summed E-state index contributed by atoms with van der Waals surface area (Å²) in [7, 11) is 0. The van der Waals surface area contributed by atoms with Gasteiger partial charge in [-0.2, -0.15) is 5.10 Å². The number of hydrogen-bond acceptors (Lipinski definition) is 4. The van der Waals surface area contributed by atoms with Crippen LogP contribution in [0, 0.1) is 16.4 Å². The molecule has 2 heterocycles. The van der Waals surface area contributed by atoms with Crippen LogP contribution in [-0.4, -0.2) is 51.8 Å². The Balaban J connectivity index is 1.37. The maximum atomic E-state index is 14.0. The maximum absolute atomic E-state index is 14.0. The molecule has 0 aliphatic carbocycles. The number of aromatic amines is 1. The predicted molar refractivity (Wildman–Crippen MR) is 113 cm³/mol. The van der Waals surface area contributed by atoms with E-state index < -0.39 is 0 Å². The number of piperazine rings is 1. The molecule has 0 unspecified atom stereocenters. The number of aromatic nitrogens is 3. The van der Waals surface area contributed by atoms with Crippen molar-refractivity contribution in [3.8, 4) is 11.4 Å². The Morgan fingerprint density at radius 2 is 1.73 bits per heavy atom. The first-order valence-electron chi connectivity index (χ1n) is 9.71. The van der Waals surface area contributed by atoms with Crippen molar-refractivity contribution >= 4 is 23.8 Å². The smallest absolute Gasteiger partial charge is 0.224 e. The summed E-state index contributed by atoms with van der Waals surface area (Å²) in [6, 6.07) is 12.6. The Morgan fingerprint density at radius 3 is 2.43 bits per heavy atom. The second-order valence-corrected chi connectivity index (χ2v) is 7.47. The quantitative estimate of drug-likeness (QED) is 0.630. The summed E-state index contributed by atoms with van der Waals surface area (Å²) in [5.41, 5.74) is 1.29. The molecule has 4 rings (SSSR count). The van der Waals surface area contributed by atoms with Gasteiger partial charge < -0.3 is 9.80 Å². The van der Waals surface area contributed by atoms with Gasteiger partial charge in [0.2, 0.25) is 5.91 Å². The lowest BCUT2D eigenvalue weighted by atomic mass is 10.2. The van der Waals surface area contributed by atoms with Gasteiger partial charge in [-0.25, -0.2) is 8.78 Å². The van der Waals surface area contributed by atoms with Crippen LogP contribution in [0.5, 0.6) is 0 Å². The van der Waals surface area contributed by atoms with E-state index in [1.807, 2.05) is 11.0 Å². The number of nitrogens with one attached hydrogen (secondary N) is 1. The number of anilines is 1. The van der Waals surface area contributed by atoms with Gasteiger partial charge in [0.1, 0.15) is 11.6 Å². The fraction of sp³-hybridized carbons (Fsp3) is 0.286. The van der Waals surface area contributed by atoms with Crippen molar-refractivity contribution in [2.75, 3.05) is 31.1 Å². The minimum atomic E-state index is -0.330. The second-order valence-electron chi connectivity index (χ2n) is 7.08. The van der Waals surface area contributed by atoms with Crippen LogP contribution >= 0.6 is 12.2 Å². The zero-order valence-electron chi connectivity index (χ0n) is 16.2. The van der Waals surface area contributed by atoms with Crippen molar-refractivity contribution in [1.82, 2.24) is 19.7 Å². The zero-order valence-corrected chi connectivity index (χ0v) is 17.0. The number of nitrogens with zero attached hydrogens (tertiary/aromatic N) is 4. The van der Waals surface area contributed by atoms with Gasteiger partial charge in [-0.15, -0.1) is 0 Å². The van der Waals surface area contributed by atoms with Crippen LogP contribution in [0.1, 0.15) is 6.42 Å². The number of amides is 1. The fourth-order valence-corrected chi connectivity index (χ4v) is 3.84. The lowest BCUT2D eigenvalue weighted by molar-refractivity contribution is -0.131. The molecule has 6 nitrogen and oxygen atoms in total. The molecule has 1 amide bonds. The first kappa shape index (κ1) is 20.2. The molecule has 3 aromatic rings. The first-order valence-corrected chi connectivity index (χ1v) is 10.1. The molecule has 9 heteroatoms. The summed E-state index contributed by atoms with van der Waals surface area (Å²) in [5.74, 6) is -0.00224. The molecule has 1 aliphatic rings. The molecule has 1 aliphatic heterocycles. The topological polar surface area (TPSA) is 57.2 Å². The van der Waals surface area contributed by atoms with Crippen molar-refractivity contribution < 1.29 is 13.6 Å². The molecule has 0 saturated carbocycles. The van der Waals surface area contributed by atoms with Crippen LogP contribution in [0.4, 0.5) is 14.5 Å². The van der Waals surface area contributed by atoms with E-state index in [4.69, 9.17) is 12.2 Å². The average molecular weight is 429 g/mol. The van der Waals surface area contributed by atoms with Crippen molar-refractivity contribution in [3.63, 3.8) is 0 Å². The highest BCUT2D eigenvalue weighted by molar-refractivity contribution is 7.71. The summed E-state index contributed by atoms with van der Waals surface area (Å²) in [6.07, 6.45) is 0.266. The minimum Gasteiger partial charge on any atom is -0.366 e. The molecule has 0 atom stereocenters. The number of carbonyl (C=O) groups is 1. The van der Waals surface area contributed by atoms with Gasteiger partial charge >= 0.3 is 0 Å².